The number of carbonyl (C=O) groups excluding carboxylic acids is 1. The van der Waals surface area contributed by atoms with Gasteiger partial charge < -0.3 is 15.3 Å². The number of aryl methyl sites for hydroxylation is 1. The molecule has 1 amide bonds. The number of nitrogens with one attached hydrogen (secondary N) is 1. The van der Waals surface area contributed by atoms with E-state index < -0.39 is 5.97 Å². The number of benzene rings is 1. The van der Waals surface area contributed by atoms with Gasteiger partial charge in [-0.2, -0.15) is 0 Å². The summed E-state index contributed by atoms with van der Waals surface area (Å²) in [5.41, 5.74) is 2.07. The first kappa shape index (κ1) is 11.4. The number of piperazine rings is 1. The molecule has 90 valence electrons. The van der Waals surface area contributed by atoms with E-state index >= 15 is 0 Å². The van der Waals surface area contributed by atoms with Crippen LogP contribution in [0.15, 0.2) is 18.2 Å². The SMILES string of the molecule is Cc1cc(C(=O)O)ccc1N1CCNC(=O)C1. The van der Waals surface area contributed by atoms with Crippen molar-refractivity contribution < 1.29 is 14.7 Å². The third-order valence-electron chi connectivity index (χ3n) is 2.82. The molecule has 1 aromatic carbocycles. The number of hydrogen-bond donors (Lipinski definition) is 2. The molecular weight excluding hydrogens is 220 g/mol. The number of amides is 1. The van der Waals surface area contributed by atoms with E-state index in [1.165, 1.54) is 0 Å². The molecule has 0 saturated carbocycles. The maximum absolute atomic E-state index is 11.3. The number of carboxylic acid groups (broad SMARTS) is 1. The maximum atomic E-state index is 11.3. The molecule has 1 saturated heterocycles. The van der Waals surface area contributed by atoms with E-state index in [0.29, 0.717) is 13.1 Å². The molecule has 1 fully saturated rings. The molecule has 0 radical (unpaired) electrons. The molecule has 17 heavy (non-hydrogen) atoms. The summed E-state index contributed by atoms with van der Waals surface area (Å²) in [6.45, 7) is 3.56. The van der Waals surface area contributed by atoms with E-state index in [-0.39, 0.29) is 11.5 Å². The van der Waals surface area contributed by atoms with Crippen LogP contribution in [0, 0.1) is 6.92 Å². The lowest BCUT2D eigenvalue weighted by Crippen LogP contribution is -2.47. The first-order chi connectivity index (χ1) is 8.08. The van der Waals surface area contributed by atoms with E-state index in [2.05, 4.69) is 5.32 Å². The van der Waals surface area contributed by atoms with Crippen LogP contribution in [-0.4, -0.2) is 36.6 Å². The van der Waals surface area contributed by atoms with Crippen LogP contribution in [0.3, 0.4) is 0 Å². The van der Waals surface area contributed by atoms with Crippen LogP contribution in [0.2, 0.25) is 0 Å². The fraction of sp³-hybridized carbons (Fsp3) is 0.333. The Morgan fingerprint density at radius 1 is 1.47 bits per heavy atom. The first-order valence-electron chi connectivity index (χ1n) is 5.43. The first-order valence-corrected chi connectivity index (χ1v) is 5.43. The summed E-state index contributed by atoms with van der Waals surface area (Å²) in [7, 11) is 0. The fourth-order valence-corrected chi connectivity index (χ4v) is 1.99. The highest BCUT2D eigenvalue weighted by Gasteiger charge is 2.18. The van der Waals surface area contributed by atoms with Crippen molar-refractivity contribution in [1.82, 2.24) is 5.32 Å². The Hall–Kier alpha value is -2.04. The second-order valence-corrected chi connectivity index (χ2v) is 4.08. The zero-order valence-corrected chi connectivity index (χ0v) is 9.56. The number of anilines is 1. The van der Waals surface area contributed by atoms with Gasteiger partial charge in [-0.3, -0.25) is 4.79 Å². The molecule has 0 spiro atoms. The molecule has 0 aliphatic carbocycles. The quantitative estimate of drug-likeness (QED) is 0.787. The van der Waals surface area contributed by atoms with Gasteiger partial charge in [-0.15, -0.1) is 0 Å². The number of nitrogens with zero attached hydrogens (tertiary/aromatic N) is 1. The Bertz CT molecular complexity index is 471. The zero-order chi connectivity index (χ0) is 12.4. The molecule has 1 heterocycles. The lowest BCUT2D eigenvalue weighted by Gasteiger charge is -2.29. The molecule has 0 unspecified atom stereocenters. The minimum Gasteiger partial charge on any atom is -0.478 e. The van der Waals surface area contributed by atoms with Crippen LogP contribution in [0.1, 0.15) is 15.9 Å². The van der Waals surface area contributed by atoms with E-state index in [1.54, 1.807) is 18.2 Å². The van der Waals surface area contributed by atoms with E-state index in [4.69, 9.17) is 5.11 Å². The maximum Gasteiger partial charge on any atom is 0.335 e. The van der Waals surface area contributed by atoms with Gasteiger partial charge in [0.25, 0.3) is 0 Å². The van der Waals surface area contributed by atoms with Gasteiger partial charge in [0, 0.05) is 18.8 Å². The van der Waals surface area contributed by atoms with Crippen LogP contribution in [0.4, 0.5) is 5.69 Å². The van der Waals surface area contributed by atoms with Gasteiger partial charge >= 0.3 is 5.97 Å². The summed E-state index contributed by atoms with van der Waals surface area (Å²) in [5.74, 6) is -0.936. The summed E-state index contributed by atoms with van der Waals surface area (Å²) < 4.78 is 0. The van der Waals surface area contributed by atoms with Crippen LogP contribution in [0.5, 0.6) is 0 Å². The second-order valence-electron chi connectivity index (χ2n) is 4.08. The number of carbonyl (C=O) groups is 2. The van der Waals surface area contributed by atoms with Gasteiger partial charge in [0.05, 0.1) is 12.1 Å². The molecule has 0 bridgehead atoms. The fourth-order valence-electron chi connectivity index (χ4n) is 1.99. The van der Waals surface area contributed by atoms with Crippen molar-refractivity contribution in [1.29, 1.82) is 0 Å². The Morgan fingerprint density at radius 2 is 2.24 bits per heavy atom. The molecule has 1 aromatic rings. The molecule has 0 aromatic heterocycles. The topological polar surface area (TPSA) is 69.6 Å². The average Bonchev–Trinajstić information content (AvgIpc) is 2.28. The summed E-state index contributed by atoms with van der Waals surface area (Å²) in [4.78, 5) is 24.1. The van der Waals surface area contributed by atoms with E-state index in [9.17, 15) is 9.59 Å². The van der Waals surface area contributed by atoms with Crippen LogP contribution in [-0.2, 0) is 4.79 Å². The van der Waals surface area contributed by atoms with Gasteiger partial charge in [-0.25, -0.2) is 4.79 Å². The smallest absolute Gasteiger partial charge is 0.335 e. The van der Waals surface area contributed by atoms with Crippen LogP contribution < -0.4 is 10.2 Å². The van der Waals surface area contributed by atoms with Crippen molar-refractivity contribution in [3.8, 4) is 0 Å². The minimum absolute atomic E-state index is 0.00189. The highest BCUT2D eigenvalue weighted by molar-refractivity contribution is 5.89. The Balaban J connectivity index is 2.26. The largest absolute Gasteiger partial charge is 0.478 e. The molecule has 1 aliphatic rings. The number of aromatic carboxylic acids is 1. The van der Waals surface area contributed by atoms with E-state index in [1.807, 2.05) is 11.8 Å². The normalized spacial score (nSPS) is 15.6. The van der Waals surface area contributed by atoms with Gasteiger partial charge in [-0.05, 0) is 30.7 Å². The third-order valence-corrected chi connectivity index (χ3v) is 2.82. The van der Waals surface area contributed by atoms with Gasteiger partial charge in [0.15, 0.2) is 0 Å². The standard InChI is InChI=1S/C12H14N2O3/c1-8-6-9(12(16)17)2-3-10(8)14-5-4-13-11(15)7-14/h2-3,6H,4-5,7H2,1H3,(H,13,15)(H,16,17). The second kappa shape index (κ2) is 4.45. The molecule has 5 nitrogen and oxygen atoms in total. The molecular formula is C12H14N2O3. The third kappa shape index (κ3) is 2.38. The Kier molecular flexibility index (Phi) is 2.99. The lowest BCUT2D eigenvalue weighted by molar-refractivity contribution is -0.120. The highest BCUT2D eigenvalue weighted by atomic mass is 16.4. The molecule has 5 heteroatoms. The summed E-state index contributed by atoms with van der Waals surface area (Å²) in [6, 6.07) is 4.96. The summed E-state index contributed by atoms with van der Waals surface area (Å²) >= 11 is 0. The number of carboxylic acids is 1. The number of rotatable bonds is 2. The van der Waals surface area contributed by atoms with Crippen LogP contribution >= 0.6 is 0 Å². The Labute approximate surface area is 99.0 Å². The van der Waals surface area contributed by atoms with Crippen molar-refractivity contribution >= 4 is 17.6 Å². The van der Waals surface area contributed by atoms with Gasteiger partial charge in [-0.1, -0.05) is 0 Å². The van der Waals surface area contributed by atoms with Crippen LogP contribution in [0.25, 0.3) is 0 Å². The molecule has 2 rings (SSSR count). The van der Waals surface area contributed by atoms with Crippen molar-refractivity contribution in [2.45, 2.75) is 6.92 Å². The predicted octanol–water partition coefficient (Wildman–Crippen LogP) is 0.629. The lowest BCUT2D eigenvalue weighted by atomic mass is 10.1. The van der Waals surface area contributed by atoms with Crippen molar-refractivity contribution in [2.24, 2.45) is 0 Å². The average molecular weight is 234 g/mol. The summed E-state index contributed by atoms with van der Waals surface area (Å²) in [6.07, 6.45) is 0. The van der Waals surface area contributed by atoms with Gasteiger partial charge in [0.1, 0.15) is 0 Å². The van der Waals surface area contributed by atoms with Crippen molar-refractivity contribution in [3.63, 3.8) is 0 Å². The highest BCUT2D eigenvalue weighted by Crippen LogP contribution is 2.21. The van der Waals surface area contributed by atoms with E-state index in [0.717, 1.165) is 17.8 Å². The van der Waals surface area contributed by atoms with Crippen molar-refractivity contribution in [3.05, 3.63) is 29.3 Å². The Morgan fingerprint density at radius 3 is 2.82 bits per heavy atom. The molecule has 1 aliphatic heterocycles. The predicted molar refractivity (Wildman–Crippen MR) is 63.4 cm³/mol. The summed E-state index contributed by atoms with van der Waals surface area (Å²) in [5, 5.41) is 11.6. The zero-order valence-electron chi connectivity index (χ0n) is 9.56. The monoisotopic (exact) mass is 234 g/mol. The minimum atomic E-state index is -0.934. The molecule has 0 atom stereocenters. The number of hydrogen-bond acceptors (Lipinski definition) is 3. The van der Waals surface area contributed by atoms with Crippen molar-refractivity contribution in [2.75, 3.05) is 24.5 Å². The molecule has 2 N–H and O–H groups in total. The van der Waals surface area contributed by atoms with Gasteiger partial charge in [0.2, 0.25) is 5.91 Å².